The molecule has 5 aliphatic rings. The first-order valence-corrected chi connectivity index (χ1v) is 12.0. The molecule has 5 rings (SSSR count). The summed E-state index contributed by atoms with van der Waals surface area (Å²) in [6.45, 7) is 3.80. The molecule has 2 atom stereocenters. The number of carbonyl (C=O) groups excluding carboxylic acids is 3. The van der Waals surface area contributed by atoms with Gasteiger partial charge in [-0.05, 0) is 75.2 Å². The SMILES string of the molecule is C[C@H](CC(=O)CN)C(=O)NCCN1CCC[C@@H]1C(=O)NC1C2CC3CC(C2)CC1C3. The highest BCUT2D eigenvalue weighted by Crippen LogP contribution is 2.53. The number of Topliss-reactive ketones (excluding diaryl/α,β-unsaturated/α-hetero) is 1. The number of ketones is 1. The number of hydrogen-bond acceptors (Lipinski definition) is 5. The number of nitrogens with one attached hydrogen (secondary N) is 2. The zero-order chi connectivity index (χ0) is 21.3. The molecule has 4 bridgehead atoms. The van der Waals surface area contributed by atoms with Crippen LogP contribution >= 0.6 is 0 Å². The van der Waals surface area contributed by atoms with Crippen LogP contribution < -0.4 is 16.4 Å². The molecule has 0 unspecified atom stereocenters. The van der Waals surface area contributed by atoms with Gasteiger partial charge in [0.15, 0.2) is 0 Å². The summed E-state index contributed by atoms with van der Waals surface area (Å²) >= 11 is 0. The molecule has 0 aromatic heterocycles. The predicted molar refractivity (Wildman–Crippen MR) is 114 cm³/mol. The van der Waals surface area contributed by atoms with Gasteiger partial charge in [-0.2, -0.15) is 0 Å². The van der Waals surface area contributed by atoms with Crippen LogP contribution in [0.25, 0.3) is 0 Å². The molecule has 1 heterocycles. The molecule has 7 heteroatoms. The van der Waals surface area contributed by atoms with E-state index in [0.29, 0.717) is 31.0 Å². The third-order valence-electron chi connectivity index (χ3n) is 8.11. The van der Waals surface area contributed by atoms with Crippen LogP contribution in [0, 0.1) is 29.6 Å². The van der Waals surface area contributed by atoms with Crippen molar-refractivity contribution in [3.05, 3.63) is 0 Å². The molecular formula is C23H38N4O3. The Morgan fingerprint density at radius 1 is 1.07 bits per heavy atom. The van der Waals surface area contributed by atoms with Gasteiger partial charge in [-0.25, -0.2) is 0 Å². The normalized spacial score (nSPS) is 35.9. The molecule has 4 saturated carbocycles. The minimum absolute atomic E-state index is 0.0216. The monoisotopic (exact) mass is 418 g/mol. The number of rotatable bonds is 9. The van der Waals surface area contributed by atoms with E-state index in [-0.39, 0.29) is 42.5 Å². The van der Waals surface area contributed by atoms with Gasteiger partial charge in [-0.15, -0.1) is 0 Å². The summed E-state index contributed by atoms with van der Waals surface area (Å²) in [6.07, 6.45) is 8.76. The molecule has 7 nitrogen and oxygen atoms in total. The number of nitrogens with two attached hydrogens (primary N) is 1. The van der Waals surface area contributed by atoms with Gasteiger partial charge in [0.25, 0.3) is 0 Å². The van der Waals surface area contributed by atoms with Crippen molar-refractivity contribution >= 4 is 17.6 Å². The lowest BCUT2D eigenvalue weighted by Crippen LogP contribution is -2.58. The molecule has 1 aliphatic heterocycles. The summed E-state index contributed by atoms with van der Waals surface area (Å²) in [6, 6.07) is 0.309. The highest BCUT2D eigenvalue weighted by Gasteiger charge is 2.49. The van der Waals surface area contributed by atoms with E-state index in [1.165, 1.54) is 32.1 Å². The fourth-order valence-electron chi connectivity index (χ4n) is 6.83. The Bertz CT molecular complexity index is 639. The molecule has 0 aromatic rings. The first-order valence-electron chi connectivity index (χ1n) is 12.0. The molecule has 0 aromatic carbocycles. The minimum atomic E-state index is -0.365. The molecule has 5 fully saturated rings. The van der Waals surface area contributed by atoms with Gasteiger partial charge in [0.1, 0.15) is 5.78 Å². The first-order chi connectivity index (χ1) is 14.4. The minimum Gasteiger partial charge on any atom is -0.355 e. The van der Waals surface area contributed by atoms with Crippen LogP contribution in [0.4, 0.5) is 0 Å². The largest absolute Gasteiger partial charge is 0.355 e. The first kappa shape index (κ1) is 21.8. The van der Waals surface area contributed by atoms with E-state index in [4.69, 9.17) is 5.73 Å². The second kappa shape index (κ2) is 9.35. The summed E-state index contributed by atoms with van der Waals surface area (Å²) < 4.78 is 0. The lowest BCUT2D eigenvalue weighted by Gasteiger charge is -2.54. The third-order valence-corrected chi connectivity index (χ3v) is 8.11. The Labute approximate surface area is 179 Å². The molecule has 2 amide bonds. The zero-order valence-electron chi connectivity index (χ0n) is 18.3. The van der Waals surface area contributed by atoms with Crippen molar-refractivity contribution < 1.29 is 14.4 Å². The molecule has 168 valence electrons. The zero-order valence-corrected chi connectivity index (χ0v) is 18.3. The van der Waals surface area contributed by atoms with Crippen LogP contribution in [-0.2, 0) is 14.4 Å². The van der Waals surface area contributed by atoms with Crippen molar-refractivity contribution in [2.75, 3.05) is 26.2 Å². The Morgan fingerprint density at radius 3 is 2.37 bits per heavy atom. The number of nitrogens with zero attached hydrogens (tertiary/aromatic N) is 1. The van der Waals surface area contributed by atoms with Crippen molar-refractivity contribution in [3.8, 4) is 0 Å². The highest BCUT2D eigenvalue weighted by molar-refractivity contribution is 5.87. The summed E-state index contributed by atoms with van der Waals surface area (Å²) in [7, 11) is 0. The van der Waals surface area contributed by atoms with Crippen molar-refractivity contribution in [2.45, 2.75) is 70.4 Å². The standard InChI is InChI=1S/C23H38N4O3/c1-14(7-19(28)13-24)22(29)25-4-6-27-5-2-3-20(27)23(30)26-21-17-9-15-8-16(11-17)12-18(21)10-15/h14-18,20-21H,2-13,24H2,1H3,(H,25,29)(H,26,30)/t14-,15?,16?,17?,18?,20-,21?/m1/s1. The smallest absolute Gasteiger partial charge is 0.237 e. The molecule has 4 aliphatic carbocycles. The summed E-state index contributed by atoms with van der Waals surface area (Å²) in [5.74, 6) is 2.82. The van der Waals surface area contributed by atoms with Gasteiger partial charge in [0.2, 0.25) is 11.8 Å². The maximum Gasteiger partial charge on any atom is 0.237 e. The van der Waals surface area contributed by atoms with Crippen LogP contribution in [0.1, 0.15) is 58.3 Å². The third kappa shape index (κ3) is 4.72. The Hall–Kier alpha value is -1.47. The maximum atomic E-state index is 13.1. The van der Waals surface area contributed by atoms with Crippen LogP contribution in [0.15, 0.2) is 0 Å². The van der Waals surface area contributed by atoms with Gasteiger partial charge in [0, 0.05) is 31.5 Å². The van der Waals surface area contributed by atoms with Gasteiger partial charge in [0.05, 0.1) is 12.6 Å². The summed E-state index contributed by atoms with van der Waals surface area (Å²) in [5, 5.41) is 6.38. The van der Waals surface area contributed by atoms with E-state index in [0.717, 1.165) is 31.2 Å². The van der Waals surface area contributed by atoms with Crippen LogP contribution in [0.5, 0.6) is 0 Å². The summed E-state index contributed by atoms with van der Waals surface area (Å²) in [5.41, 5.74) is 5.33. The lowest BCUT2D eigenvalue weighted by molar-refractivity contribution is -0.129. The Morgan fingerprint density at radius 2 is 1.73 bits per heavy atom. The van der Waals surface area contributed by atoms with Crippen molar-refractivity contribution in [1.29, 1.82) is 0 Å². The highest BCUT2D eigenvalue weighted by atomic mass is 16.2. The van der Waals surface area contributed by atoms with Crippen molar-refractivity contribution in [1.82, 2.24) is 15.5 Å². The van der Waals surface area contributed by atoms with Gasteiger partial charge in [-0.3, -0.25) is 19.3 Å². The Kier molecular flexibility index (Phi) is 6.78. The second-order valence-corrected chi connectivity index (χ2v) is 10.3. The Balaban J connectivity index is 1.23. The van der Waals surface area contributed by atoms with Crippen molar-refractivity contribution in [2.24, 2.45) is 35.3 Å². The number of amides is 2. The van der Waals surface area contributed by atoms with Crippen LogP contribution in [-0.4, -0.2) is 60.8 Å². The fraction of sp³-hybridized carbons (Fsp3) is 0.870. The van der Waals surface area contributed by atoms with E-state index in [9.17, 15) is 14.4 Å². The van der Waals surface area contributed by atoms with E-state index in [1.807, 2.05) is 0 Å². The molecular weight excluding hydrogens is 380 g/mol. The van der Waals surface area contributed by atoms with E-state index < -0.39 is 0 Å². The second-order valence-electron chi connectivity index (χ2n) is 10.3. The predicted octanol–water partition coefficient (Wildman–Crippen LogP) is 1.06. The summed E-state index contributed by atoms with van der Waals surface area (Å²) in [4.78, 5) is 38.9. The van der Waals surface area contributed by atoms with Crippen molar-refractivity contribution in [3.63, 3.8) is 0 Å². The molecule has 0 radical (unpaired) electrons. The van der Waals surface area contributed by atoms with Gasteiger partial charge in [-0.1, -0.05) is 6.92 Å². The van der Waals surface area contributed by atoms with Crippen LogP contribution in [0.3, 0.4) is 0 Å². The van der Waals surface area contributed by atoms with Gasteiger partial charge >= 0.3 is 0 Å². The van der Waals surface area contributed by atoms with Crippen LogP contribution in [0.2, 0.25) is 0 Å². The lowest BCUT2D eigenvalue weighted by atomic mass is 9.54. The molecule has 30 heavy (non-hydrogen) atoms. The maximum absolute atomic E-state index is 13.1. The van der Waals surface area contributed by atoms with Gasteiger partial charge < -0.3 is 16.4 Å². The number of carbonyl (C=O) groups is 3. The van der Waals surface area contributed by atoms with E-state index in [2.05, 4.69) is 15.5 Å². The topological polar surface area (TPSA) is 105 Å². The molecule has 1 saturated heterocycles. The average molecular weight is 419 g/mol. The van der Waals surface area contributed by atoms with E-state index >= 15 is 0 Å². The number of likely N-dealkylation sites (tertiary alicyclic amines) is 1. The molecule has 4 N–H and O–H groups in total. The quantitative estimate of drug-likeness (QED) is 0.519. The fourth-order valence-corrected chi connectivity index (χ4v) is 6.83. The number of hydrogen-bond donors (Lipinski definition) is 3. The molecule has 0 spiro atoms. The van der Waals surface area contributed by atoms with E-state index in [1.54, 1.807) is 6.92 Å². The average Bonchev–Trinajstić information content (AvgIpc) is 3.18.